The van der Waals surface area contributed by atoms with Crippen LogP contribution in [-0.2, 0) is 22.2 Å². The van der Waals surface area contributed by atoms with Crippen LogP contribution in [0.2, 0.25) is 0 Å². The minimum absolute atomic E-state index is 0.282. The summed E-state index contributed by atoms with van der Waals surface area (Å²) in [5.41, 5.74) is 0.209. The van der Waals surface area contributed by atoms with Crippen molar-refractivity contribution in [3.05, 3.63) is 18.0 Å². The highest BCUT2D eigenvalue weighted by Crippen LogP contribution is 2.31. The molecule has 2 aliphatic rings. The molecule has 0 bridgehead atoms. The number of aryl methyl sites for hydroxylation is 1. The number of alkyl halides is 2. The van der Waals surface area contributed by atoms with Crippen LogP contribution in [0.1, 0.15) is 18.9 Å². The van der Waals surface area contributed by atoms with Gasteiger partial charge in [0.15, 0.2) is 0 Å². The van der Waals surface area contributed by atoms with E-state index in [0.717, 1.165) is 5.56 Å². The van der Waals surface area contributed by atoms with E-state index in [2.05, 4.69) is 10.4 Å². The predicted octanol–water partition coefficient (Wildman–Crippen LogP) is 0.491. The zero-order chi connectivity index (χ0) is 16.0. The summed E-state index contributed by atoms with van der Waals surface area (Å²) in [6, 6.07) is -0.814. The number of amides is 1. The molecule has 2 aliphatic heterocycles. The molecule has 1 aromatic heterocycles. The third-order valence-corrected chi connectivity index (χ3v) is 4.31. The summed E-state index contributed by atoms with van der Waals surface area (Å²) >= 11 is 0. The van der Waals surface area contributed by atoms with Crippen LogP contribution in [0, 0.1) is 0 Å². The number of morpholine rings is 1. The molecule has 0 radical (unpaired) electrons. The predicted molar refractivity (Wildman–Crippen MR) is 74.4 cm³/mol. The van der Waals surface area contributed by atoms with Gasteiger partial charge in [-0.25, -0.2) is 8.78 Å². The quantitative estimate of drug-likeness (QED) is 0.863. The largest absolute Gasteiger partial charge is 0.367 e. The van der Waals surface area contributed by atoms with Crippen molar-refractivity contribution >= 4 is 5.91 Å². The molecule has 122 valence electrons. The third-order valence-electron chi connectivity index (χ3n) is 4.31. The molecular formula is C14H20F2N4O2. The van der Waals surface area contributed by atoms with Crippen LogP contribution in [0.25, 0.3) is 0 Å². The highest BCUT2D eigenvalue weighted by Gasteiger charge is 2.45. The van der Waals surface area contributed by atoms with Crippen molar-refractivity contribution in [1.82, 2.24) is 20.0 Å². The van der Waals surface area contributed by atoms with Crippen molar-refractivity contribution in [1.29, 1.82) is 0 Å². The van der Waals surface area contributed by atoms with Gasteiger partial charge in [-0.15, -0.1) is 0 Å². The van der Waals surface area contributed by atoms with E-state index < -0.39 is 30.5 Å². The normalized spacial score (nSPS) is 31.5. The van der Waals surface area contributed by atoms with Crippen LogP contribution in [0.15, 0.2) is 12.4 Å². The van der Waals surface area contributed by atoms with Crippen LogP contribution in [0.5, 0.6) is 0 Å². The summed E-state index contributed by atoms with van der Waals surface area (Å²) in [7, 11) is 1.81. The highest BCUT2D eigenvalue weighted by molar-refractivity contribution is 5.82. The Labute approximate surface area is 127 Å². The lowest BCUT2D eigenvalue weighted by molar-refractivity contribution is -0.151. The highest BCUT2D eigenvalue weighted by atomic mass is 19.3. The lowest BCUT2D eigenvalue weighted by Gasteiger charge is -2.40. The van der Waals surface area contributed by atoms with E-state index >= 15 is 0 Å². The molecule has 2 atom stereocenters. The van der Waals surface area contributed by atoms with Gasteiger partial charge in [0.1, 0.15) is 5.60 Å². The monoisotopic (exact) mass is 314 g/mol. The lowest BCUT2D eigenvalue weighted by Crippen LogP contribution is -2.54. The van der Waals surface area contributed by atoms with Gasteiger partial charge in [0, 0.05) is 31.8 Å². The molecule has 6 nitrogen and oxygen atoms in total. The van der Waals surface area contributed by atoms with Gasteiger partial charge < -0.3 is 9.64 Å². The maximum atomic E-state index is 13.3. The first kappa shape index (κ1) is 15.4. The van der Waals surface area contributed by atoms with Crippen LogP contribution in [0.4, 0.5) is 8.78 Å². The second-order valence-electron chi connectivity index (χ2n) is 6.24. The minimum atomic E-state index is -2.81. The van der Waals surface area contributed by atoms with Gasteiger partial charge in [-0.1, -0.05) is 0 Å². The van der Waals surface area contributed by atoms with Gasteiger partial charge in [-0.2, -0.15) is 5.10 Å². The Morgan fingerprint density at radius 2 is 2.32 bits per heavy atom. The van der Waals surface area contributed by atoms with Crippen LogP contribution in [-0.4, -0.2) is 58.8 Å². The van der Waals surface area contributed by atoms with E-state index in [1.165, 1.54) is 0 Å². The van der Waals surface area contributed by atoms with Gasteiger partial charge in [0.25, 0.3) is 5.92 Å². The SMILES string of the molecule is Cn1cc(C2(C)CN(C(=O)C3CC(F)(F)CN3)CCO2)cn1. The lowest BCUT2D eigenvalue weighted by atomic mass is 9.96. The molecule has 0 aromatic carbocycles. The van der Waals surface area contributed by atoms with Gasteiger partial charge in [-0.3, -0.25) is 14.8 Å². The first-order valence-corrected chi connectivity index (χ1v) is 7.32. The molecule has 1 N–H and O–H groups in total. The molecular weight excluding hydrogens is 294 g/mol. The second kappa shape index (κ2) is 5.27. The molecule has 0 spiro atoms. The first-order valence-electron chi connectivity index (χ1n) is 7.32. The molecule has 2 fully saturated rings. The number of carbonyl (C=O) groups is 1. The van der Waals surface area contributed by atoms with Crippen LogP contribution >= 0.6 is 0 Å². The molecule has 2 unspecified atom stereocenters. The number of hydrogen-bond acceptors (Lipinski definition) is 4. The van der Waals surface area contributed by atoms with Crippen molar-refractivity contribution in [2.24, 2.45) is 7.05 Å². The molecule has 0 saturated carbocycles. The average molecular weight is 314 g/mol. The zero-order valence-electron chi connectivity index (χ0n) is 12.7. The van der Waals surface area contributed by atoms with Crippen molar-refractivity contribution in [3.8, 4) is 0 Å². The summed E-state index contributed by atoms with van der Waals surface area (Å²) in [6.07, 6.45) is 3.11. The zero-order valence-corrected chi connectivity index (χ0v) is 12.7. The molecule has 2 saturated heterocycles. The fourth-order valence-corrected chi connectivity index (χ4v) is 3.04. The molecule has 1 amide bonds. The number of halogens is 2. The molecule has 1 aromatic rings. The Morgan fingerprint density at radius 1 is 1.55 bits per heavy atom. The van der Waals surface area contributed by atoms with Gasteiger partial charge in [-0.05, 0) is 6.92 Å². The van der Waals surface area contributed by atoms with Crippen molar-refractivity contribution < 1.29 is 18.3 Å². The number of carbonyl (C=O) groups excluding carboxylic acids is 1. The third kappa shape index (κ3) is 2.85. The van der Waals surface area contributed by atoms with Crippen molar-refractivity contribution in [3.63, 3.8) is 0 Å². The summed E-state index contributed by atoms with van der Waals surface area (Å²) in [6.45, 7) is 2.58. The van der Waals surface area contributed by atoms with Gasteiger partial charge in [0.05, 0.1) is 31.9 Å². The van der Waals surface area contributed by atoms with E-state index in [0.29, 0.717) is 19.7 Å². The molecule has 3 rings (SSSR count). The minimum Gasteiger partial charge on any atom is -0.367 e. The van der Waals surface area contributed by atoms with Crippen LogP contribution in [0.3, 0.4) is 0 Å². The number of hydrogen-bond donors (Lipinski definition) is 1. The molecule has 8 heteroatoms. The van der Waals surface area contributed by atoms with E-state index in [4.69, 9.17) is 4.74 Å². The van der Waals surface area contributed by atoms with Crippen LogP contribution < -0.4 is 5.32 Å². The Hall–Kier alpha value is -1.54. The van der Waals surface area contributed by atoms with E-state index in [9.17, 15) is 13.6 Å². The Morgan fingerprint density at radius 3 is 2.91 bits per heavy atom. The fourth-order valence-electron chi connectivity index (χ4n) is 3.04. The van der Waals surface area contributed by atoms with Gasteiger partial charge >= 0.3 is 0 Å². The average Bonchev–Trinajstić information content (AvgIpc) is 3.04. The number of nitrogens with zero attached hydrogens (tertiary/aromatic N) is 3. The number of rotatable bonds is 2. The van der Waals surface area contributed by atoms with E-state index in [-0.39, 0.29) is 5.91 Å². The Balaban J connectivity index is 1.72. The summed E-state index contributed by atoms with van der Waals surface area (Å²) < 4.78 is 34.0. The summed E-state index contributed by atoms with van der Waals surface area (Å²) in [5.74, 6) is -3.09. The fraction of sp³-hybridized carbons (Fsp3) is 0.714. The van der Waals surface area contributed by atoms with Crippen molar-refractivity contribution in [2.75, 3.05) is 26.2 Å². The van der Waals surface area contributed by atoms with Crippen molar-refractivity contribution in [2.45, 2.75) is 30.9 Å². The maximum absolute atomic E-state index is 13.3. The Bertz CT molecular complexity index is 577. The first-order chi connectivity index (χ1) is 10.3. The number of nitrogens with one attached hydrogen (secondary N) is 1. The second-order valence-corrected chi connectivity index (χ2v) is 6.24. The summed E-state index contributed by atoms with van der Waals surface area (Å²) in [5, 5.41) is 6.74. The standard InChI is InChI=1S/C14H20F2N4O2/c1-13(10-6-18-19(2)7-10)9-20(3-4-22-13)12(21)11-5-14(15,16)8-17-11/h6-7,11,17H,3-5,8-9H2,1-2H3. The molecule has 3 heterocycles. The van der Waals surface area contributed by atoms with E-state index in [1.54, 1.807) is 15.8 Å². The molecule has 0 aliphatic carbocycles. The maximum Gasteiger partial charge on any atom is 0.262 e. The molecule has 22 heavy (non-hydrogen) atoms. The van der Waals surface area contributed by atoms with E-state index in [1.807, 2.05) is 20.2 Å². The van der Waals surface area contributed by atoms with Gasteiger partial charge in [0.2, 0.25) is 5.91 Å². The number of aromatic nitrogens is 2. The summed E-state index contributed by atoms with van der Waals surface area (Å²) in [4.78, 5) is 14.1. The Kier molecular flexibility index (Phi) is 3.68. The number of ether oxygens (including phenoxy) is 1. The topological polar surface area (TPSA) is 59.4 Å². The smallest absolute Gasteiger partial charge is 0.262 e.